The zero-order valence-electron chi connectivity index (χ0n) is 30.1. The van der Waals surface area contributed by atoms with Crippen molar-refractivity contribution in [3.05, 3.63) is 81.9 Å². The van der Waals surface area contributed by atoms with Crippen LogP contribution in [0.2, 0.25) is 0 Å². The fraction of sp³-hybridized carbons (Fsp3) is 0.474. The first-order valence-corrected chi connectivity index (χ1v) is 19.0. The van der Waals surface area contributed by atoms with E-state index in [1.54, 1.807) is 24.3 Å². The summed E-state index contributed by atoms with van der Waals surface area (Å²) in [5, 5.41) is 2.87. The maximum absolute atomic E-state index is 12.1. The average molecular weight is 707 g/mol. The minimum atomic E-state index is -4.55. The quantitative estimate of drug-likeness (QED) is 0.133. The third-order valence-corrected chi connectivity index (χ3v) is 10.4. The van der Waals surface area contributed by atoms with E-state index >= 15 is 0 Å². The van der Waals surface area contributed by atoms with E-state index in [1.807, 2.05) is 52.0 Å². The summed E-state index contributed by atoms with van der Waals surface area (Å²) in [6.45, 7) is 24.5. The number of hydrogen-bond donors (Lipinski definition) is 0. The van der Waals surface area contributed by atoms with E-state index in [4.69, 9.17) is 0 Å². The van der Waals surface area contributed by atoms with Crippen molar-refractivity contribution in [3.8, 4) is 0 Å². The second kappa shape index (κ2) is 16.0. The van der Waals surface area contributed by atoms with E-state index in [0.717, 1.165) is 33.0 Å². The Balaban J connectivity index is 0.000000320. The Morgan fingerprint density at radius 3 is 0.787 bits per heavy atom. The number of rotatable bonds is 8. The van der Waals surface area contributed by atoms with Crippen LogP contribution in [0, 0.1) is 0 Å². The van der Waals surface area contributed by atoms with E-state index in [9.17, 15) is 25.9 Å². The van der Waals surface area contributed by atoms with Gasteiger partial charge in [0.25, 0.3) is 0 Å². The Hall–Kier alpha value is -1.52. The van der Waals surface area contributed by atoms with E-state index in [2.05, 4.69) is 55.4 Å². The summed E-state index contributed by atoms with van der Waals surface area (Å²) in [4.78, 5) is -0.0626. The van der Waals surface area contributed by atoms with Crippen LogP contribution < -0.4 is 0 Å². The Bertz CT molecular complexity index is 1810. The van der Waals surface area contributed by atoms with Gasteiger partial charge in [-0.1, -0.05) is 132 Å². The molecule has 0 unspecified atom stereocenters. The first kappa shape index (κ1) is 41.7. The van der Waals surface area contributed by atoms with Gasteiger partial charge in [0, 0.05) is 0 Å². The number of benzene rings is 4. The fourth-order valence-electron chi connectivity index (χ4n) is 7.12. The molecule has 0 radical (unpaired) electrons. The van der Waals surface area contributed by atoms with Crippen LogP contribution in [0.1, 0.15) is 152 Å². The summed E-state index contributed by atoms with van der Waals surface area (Å²) in [6, 6.07) is 14.7. The van der Waals surface area contributed by atoms with Crippen LogP contribution in [0.25, 0.3) is 21.5 Å². The van der Waals surface area contributed by atoms with Crippen molar-refractivity contribution >= 4 is 79.5 Å². The van der Waals surface area contributed by atoms with Gasteiger partial charge in [-0.15, -0.1) is 0 Å². The van der Waals surface area contributed by atoms with Crippen molar-refractivity contribution in [3.63, 3.8) is 0 Å². The zero-order chi connectivity index (χ0) is 35.0. The average Bonchev–Trinajstić information content (AvgIpc) is 2.92. The van der Waals surface area contributed by atoms with E-state index in [0.29, 0.717) is 21.9 Å². The third-order valence-electron chi connectivity index (χ3n) is 8.54. The maximum atomic E-state index is 12.1. The van der Waals surface area contributed by atoms with Crippen molar-refractivity contribution in [2.24, 2.45) is 0 Å². The minimum Gasteiger partial charge on any atom is -0.744 e. The van der Waals surface area contributed by atoms with Gasteiger partial charge < -0.3 is 9.11 Å². The van der Waals surface area contributed by atoms with Gasteiger partial charge in [0.1, 0.15) is 20.2 Å². The molecule has 0 N–H and O–H groups in total. The van der Waals surface area contributed by atoms with Crippen molar-refractivity contribution in [1.82, 2.24) is 0 Å². The minimum absolute atomic E-state index is 0. The first-order chi connectivity index (χ1) is 21.1. The van der Waals surface area contributed by atoms with Gasteiger partial charge in [-0.2, -0.15) is 0 Å². The maximum Gasteiger partial charge on any atom is 2.00 e. The first-order valence-electron chi connectivity index (χ1n) is 16.2. The molecule has 4 rings (SSSR count). The second-order valence-electron chi connectivity index (χ2n) is 14.1. The molecule has 0 aliphatic carbocycles. The molecule has 0 amide bonds. The van der Waals surface area contributed by atoms with Gasteiger partial charge >= 0.3 is 37.7 Å². The Kier molecular flexibility index (Phi) is 14.2. The molecule has 4 aromatic rings. The molecule has 0 aliphatic heterocycles. The van der Waals surface area contributed by atoms with Crippen LogP contribution in [0.3, 0.4) is 0 Å². The second-order valence-corrected chi connectivity index (χ2v) is 16.7. The summed E-state index contributed by atoms with van der Waals surface area (Å²) >= 11 is 0. The normalized spacial score (nSPS) is 12.5. The van der Waals surface area contributed by atoms with E-state index < -0.39 is 20.2 Å². The molecule has 0 heterocycles. The summed E-state index contributed by atoms with van der Waals surface area (Å²) in [5.41, 5.74) is 5.74. The molecule has 4 aromatic carbocycles. The summed E-state index contributed by atoms with van der Waals surface area (Å²) < 4.78 is 72.4. The molecular formula is C38H50CaO6S2. The SMILES string of the molecule is CC(C)c1c(C(C)C)c(S(=O)(=O)[O-])c2ccccc2c1C(C)C.CC(C)c1c(C(C)C)c(S(=O)(=O)[O-])c2ccccc2c1C(C)C.[Ca+2]. The van der Waals surface area contributed by atoms with Crippen molar-refractivity contribution in [2.45, 2.75) is 128 Å². The van der Waals surface area contributed by atoms with Crippen molar-refractivity contribution in [1.29, 1.82) is 0 Å². The Labute approximate surface area is 313 Å². The molecular weight excluding hydrogens is 657 g/mol. The molecule has 252 valence electrons. The molecule has 0 aromatic heterocycles. The molecule has 0 fully saturated rings. The molecule has 0 aliphatic rings. The van der Waals surface area contributed by atoms with Crippen LogP contribution >= 0.6 is 0 Å². The fourth-order valence-corrected chi connectivity index (χ4v) is 9.24. The smallest absolute Gasteiger partial charge is 0.744 e. The van der Waals surface area contributed by atoms with Crippen molar-refractivity contribution in [2.75, 3.05) is 0 Å². The summed E-state index contributed by atoms with van der Waals surface area (Å²) in [7, 11) is -9.11. The molecule has 0 spiro atoms. The van der Waals surface area contributed by atoms with Gasteiger partial charge in [0.15, 0.2) is 0 Å². The van der Waals surface area contributed by atoms with Crippen LogP contribution in [0.4, 0.5) is 0 Å². The Morgan fingerprint density at radius 2 is 0.596 bits per heavy atom. The van der Waals surface area contributed by atoms with Gasteiger partial charge in [-0.3, -0.25) is 0 Å². The van der Waals surface area contributed by atoms with Gasteiger partial charge in [0.05, 0.1) is 9.79 Å². The molecule has 0 saturated heterocycles. The predicted octanol–water partition coefficient (Wildman–Crippen LogP) is 9.85. The van der Waals surface area contributed by atoms with E-state index in [1.165, 1.54) is 0 Å². The molecule has 9 heteroatoms. The van der Waals surface area contributed by atoms with Gasteiger partial charge in [-0.25, -0.2) is 16.8 Å². The largest absolute Gasteiger partial charge is 2.00 e. The molecule has 0 bridgehead atoms. The summed E-state index contributed by atoms with van der Waals surface area (Å²) in [5.74, 6) is 0.725. The van der Waals surface area contributed by atoms with Gasteiger partial charge in [0.2, 0.25) is 0 Å². The van der Waals surface area contributed by atoms with Crippen LogP contribution in [0.5, 0.6) is 0 Å². The van der Waals surface area contributed by atoms with E-state index in [-0.39, 0.29) is 83.0 Å². The third kappa shape index (κ3) is 8.62. The number of fused-ring (bicyclic) bond motifs is 2. The van der Waals surface area contributed by atoms with Crippen LogP contribution in [0.15, 0.2) is 58.3 Å². The van der Waals surface area contributed by atoms with Crippen LogP contribution in [-0.2, 0) is 20.2 Å². The monoisotopic (exact) mass is 706 g/mol. The number of hydrogen-bond acceptors (Lipinski definition) is 6. The van der Waals surface area contributed by atoms with Crippen molar-refractivity contribution < 1.29 is 25.9 Å². The van der Waals surface area contributed by atoms with Crippen LogP contribution in [-0.4, -0.2) is 63.7 Å². The molecule has 0 atom stereocenters. The molecule has 6 nitrogen and oxygen atoms in total. The molecule has 0 saturated carbocycles. The summed E-state index contributed by atoms with van der Waals surface area (Å²) in [6.07, 6.45) is 0. The van der Waals surface area contributed by atoms with Gasteiger partial charge in [-0.05, 0) is 90.4 Å². The topological polar surface area (TPSA) is 114 Å². The molecule has 47 heavy (non-hydrogen) atoms. The standard InChI is InChI=1S/2C19H26O3S.Ca/c2*1-11(2)16-14-9-7-8-10-15(14)19(23(20,21)22)18(13(5)6)17(16)12(3)4;/h2*7-13H,1-6H3,(H,20,21,22);/q;;+2/p-2. The Morgan fingerprint density at radius 1 is 0.383 bits per heavy atom. The zero-order valence-corrected chi connectivity index (χ0v) is 33.9. The predicted molar refractivity (Wildman–Crippen MR) is 194 cm³/mol.